The van der Waals surface area contributed by atoms with Crippen molar-refractivity contribution in [3.05, 3.63) is 108 Å². The van der Waals surface area contributed by atoms with Crippen LogP contribution in [-0.4, -0.2) is 28.3 Å². The number of aryl methyl sites for hydroxylation is 2. The van der Waals surface area contributed by atoms with Gasteiger partial charge in [-0.1, -0.05) is 42.5 Å². The van der Waals surface area contributed by atoms with E-state index in [-0.39, 0.29) is 19.7 Å². The third-order valence-electron chi connectivity index (χ3n) is 5.31. The van der Waals surface area contributed by atoms with Crippen LogP contribution in [0.4, 0.5) is 10.7 Å². The summed E-state index contributed by atoms with van der Waals surface area (Å²) in [5, 5.41) is 9.26. The summed E-state index contributed by atoms with van der Waals surface area (Å²) in [7, 11) is -3.75. The Kier molecular flexibility index (Phi) is 7.46. The van der Waals surface area contributed by atoms with Gasteiger partial charge in [-0.3, -0.25) is 8.51 Å². The normalized spacial score (nSPS) is 12.3. The van der Waals surface area contributed by atoms with Crippen LogP contribution >= 0.6 is 11.3 Å². The zero-order chi connectivity index (χ0) is 25.0. The zero-order valence-electron chi connectivity index (χ0n) is 18.2. The minimum atomic E-state index is -3.75. The van der Waals surface area contributed by atoms with Crippen molar-refractivity contribution in [1.82, 2.24) is 0 Å². The number of sulfone groups is 1. The van der Waals surface area contributed by atoms with E-state index in [2.05, 4.69) is 0 Å². The van der Waals surface area contributed by atoms with Gasteiger partial charge in [0.1, 0.15) is 9.21 Å². The molecule has 4 rings (SSSR count). The molecule has 3 aromatic carbocycles. The van der Waals surface area contributed by atoms with Crippen molar-refractivity contribution in [3.63, 3.8) is 0 Å². The van der Waals surface area contributed by atoms with Crippen molar-refractivity contribution in [3.8, 4) is 0 Å². The van der Waals surface area contributed by atoms with Crippen molar-refractivity contribution in [2.24, 2.45) is 0 Å². The molecule has 7 nitrogen and oxygen atoms in total. The highest BCUT2D eigenvalue weighted by atomic mass is 32.2. The van der Waals surface area contributed by atoms with Crippen LogP contribution in [0.2, 0.25) is 0 Å². The molecule has 1 heterocycles. The number of benzene rings is 3. The molecule has 0 spiro atoms. The molecule has 1 atom stereocenters. The van der Waals surface area contributed by atoms with Crippen LogP contribution in [0.15, 0.2) is 100 Å². The van der Waals surface area contributed by atoms with Crippen molar-refractivity contribution < 1.29 is 27.1 Å². The lowest BCUT2D eigenvalue weighted by Gasteiger charge is -2.25. The summed E-state index contributed by atoms with van der Waals surface area (Å²) in [6, 6.07) is 24.5. The molecule has 0 aliphatic carbocycles. The van der Waals surface area contributed by atoms with Crippen LogP contribution in [-0.2, 0) is 33.9 Å². The molecular formula is C25H20NO6S3-. The van der Waals surface area contributed by atoms with Crippen LogP contribution in [0.3, 0.4) is 0 Å². The molecule has 1 unspecified atom stereocenters. The van der Waals surface area contributed by atoms with Gasteiger partial charge in [-0.2, -0.15) is 0 Å². The third kappa shape index (κ3) is 5.68. The maximum absolute atomic E-state index is 12.9. The Bertz CT molecular complexity index is 1450. The summed E-state index contributed by atoms with van der Waals surface area (Å²) < 4.78 is 50.9. The van der Waals surface area contributed by atoms with Gasteiger partial charge in [0.05, 0.1) is 27.4 Å². The first-order chi connectivity index (χ1) is 16.8. The Morgan fingerprint density at radius 2 is 1.43 bits per heavy atom. The first-order valence-electron chi connectivity index (χ1n) is 10.5. The van der Waals surface area contributed by atoms with E-state index in [1.54, 1.807) is 54.6 Å². The fraction of sp³-hybridized carbons (Fsp3) is 0.0800. The Labute approximate surface area is 209 Å². The fourth-order valence-corrected chi connectivity index (χ4v) is 6.91. The summed E-state index contributed by atoms with van der Waals surface area (Å²) in [5.41, 5.74) is 2.59. The lowest BCUT2D eigenvalue weighted by molar-refractivity contribution is 0.0697. The molecule has 0 amide bonds. The second-order valence-corrected chi connectivity index (χ2v) is 11.6. The van der Waals surface area contributed by atoms with Crippen LogP contribution in [0.25, 0.3) is 0 Å². The van der Waals surface area contributed by atoms with E-state index in [0.717, 1.165) is 26.8 Å². The number of anilines is 2. The predicted molar refractivity (Wildman–Crippen MR) is 135 cm³/mol. The molecule has 0 fully saturated rings. The van der Waals surface area contributed by atoms with Gasteiger partial charge in [-0.25, -0.2) is 13.2 Å². The lowest BCUT2D eigenvalue weighted by atomic mass is 10.0. The maximum Gasteiger partial charge on any atom is 0.335 e. The van der Waals surface area contributed by atoms with Crippen molar-refractivity contribution in [2.45, 2.75) is 21.9 Å². The summed E-state index contributed by atoms with van der Waals surface area (Å²) in [4.78, 5) is 11.1. The number of hydrogen-bond donors (Lipinski definition) is 1. The van der Waals surface area contributed by atoms with E-state index in [1.807, 2.05) is 12.1 Å². The average molecular weight is 527 g/mol. The highest BCUT2D eigenvalue weighted by Crippen LogP contribution is 2.37. The molecule has 1 N–H and O–H groups in total. The quantitative estimate of drug-likeness (QED) is 0.307. The fourth-order valence-electron chi connectivity index (χ4n) is 3.47. The molecule has 1 aromatic heterocycles. The number of hydrogen-bond acceptors (Lipinski definition) is 6. The van der Waals surface area contributed by atoms with Crippen molar-refractivity contribution in [1.29, 1.82) is 0 Å². The molecule has 0 radical (unpaired) electrons. The van der Waals surface area contributed by atoms with Crippen LogP contribution in [0.1, 0.15) is 21.5 Å². The first-order valence-corrected chi connectivity index (χ1v) is 13.8. The average Bonchev–Trinajstić information content (AvgIpc) is 3.35. The summed E-state index contributed by atoms with van der Waals surface area (Å²) in [6.45, 7) is 0. The standard InChI is InChI=1S/C25H21NO6S3/c27-25(28)20-12-8-18(9-13-20)6-7-19-10-14-21(15-11-19)26(34(29)30)23-16-17-24(33-23)35(31,32)22-4-2-1-3-5-22/h1-5,8-17H,6-7H2,(H,27,28)(H,29,30)/p-1. The number of aromatic carboxylic acids is 1. The Morgan fingerprint density at radius 1 is 0.857 bits per heavy atom. The second-order valence-electron chi connectivity index (χ2n) is 7.59. The van der Waals surface area contributed by atoms with Gasteiger partial charge in [0, 0.05) is 0 Å². The highest BCUT2D eigenvalue weighted by Gasteiger charge is 2.22. The van der Waals surface area contributed by atoms with Gasteiger partial charge in [0.2, 0.25) is 9.84 Å². The highest BCUT2D eigenvalue weighted by molar-refractivity contribution is 7.93. The molecule has 10 heteroatoms. The smallest absolute Gasteiger partial charge is 0.335 e. The third-order valence-corrected chi connectivity index (χ3v) is 9.46. The van der Waals surface area contributed by atoms with Crippen molar-refractivity contribution in [2.75, 3.05) is 4.31 Å². The van der Waals surface area contributed by atoms with Crippen LogP contribution in [0.5, 0.6) is 0 Å². The maximum atomic E-state index is 12.9. The Balaban J connectivity index is 1.50. The number of carbonyl (C=O) groups is 1. The molecule has 180 valence electrons. The van der Waals surface area contributed by atoms with E-state index >= 15 is 0 Å². The van der Waals surface area contributed by atoms with E-state index < -0.39 is 27.1 Å². The van der Waals surface area contributed by atoms with Gasteiger partial charge in [-0.15, -0.1) is 11.3 Å². The van der Waals surface area contributed by atoms with Gasteiger partial charge in [0.25, 0.3) is 0 Å². The summed E-state index contributed by atoms with van der Waals surface area (Å²) in [5.74, 6) is -0.969. The van der Waals surface area contributed by atoms with Gasteiger partial charge < -0.3 is 9.66 Å². The lowest BCUT2D eigenvalue weighted by Crippen LogP contribution is -2.18. The second kappa shape index (κ2) is 10.5. The first kappa shape index (κ1) is 24.8. The summed E-state index contributed by atoms with van der Waals surface area (Å²) >= 11 is -1.77. The minimum absolute atomic E-state index is 0.0553. The predicted octanol–water partition coefficient (Wildman–Crippen LogP) is 5.00. The Hall–Kier alpha value is -3.31. The molecule has 0 saturated heterocycles. The van der Waals surface area contributed by atoms with E-state index in [0.29, 0.717) is 18.5 Å². The number of thiophene rings is 1. The van der Waals surface area contributed by atoms with Gasteiger partial charge in [-0.05, 0) is 72.5 Å². The number of nitrogens with zero attached hydrogens (tertiary/aromatic N) is 1. The van der Waals surface area contributed by atoms with Gasteiger partial charge >= 0.3 is 5.97 Å². The molecule has 0 bridgehead atoms. The Morgan fingerprint density at radius 3 is 1.97 bits per heavy atom. The van der Waals surface area contributed by atoms with E-state index in [4.69, 9.17) is 5.11 Å². The van der Waals surface area contributed by atoms with Crippen LogP contribution < -0.4 is 4.31 Å². The number of rotatable bonds is 9. The van der Waals surface area contributed by atoms with E-state index in [9.17, 15) is 22.0 Å². The molecular weight excluding hydrogens is 506 g/mol. The summed E-state index contributed by atoms with van der Waals surface area (Å²) in [6.07, 6.45) is 1.38. The molecule has 0 aliphatic heterocycles. The topological polar surface area (TPSA) is 115 Å². The van der Waals surface area contributed by atoms with Gasteiger partial charge in [0.15, 0.2) is 0 Å². The number of carboxylic acid groups (broad SMARTS) is 1. The molecule has 0 saturated carbocycles. The monoisotopic (exact) mass is 526 g/mol. The van der Waals surface area contributed by atoms with Crippen LogP contribution in [0, 0.1) is 0 Å². The molecule has 4 aromatic rings. The largest absolute Gasteiger partial charge is 0.755 e. The molecule has 0 aliphatic rings. The van der Waals surface area contributed by atoms with E-state index in [1.165, 1.54) is 24.3 Å². The zero-order valence-corrected chi connectivity index (χ0v) is 20.7. The molecule has 35 heavy (non-hydrogen) atoms. The SMILES string of the molecule is O=C(O)c1ccc(CCc2ccc(N(c3ccc(S(=O)(=O)c4ccccc4)s3)S(=O)[O-])cc2)cc1. The van der Waals surface area contributed by atoms with Crippen molar-refractivity contribution >= 4 is 49.1 Å². The minimum Gasteiger partial charge on any atom is -0.755 e. The number of carboxylic acids is 1.